The van der Waals surface area contributed by atoms with E-state index >= 15 is 0 Å². The van der Waals surface area contributed by atoms with Crippen molar-refractivity contribution in [3.63, 3.8) is 0 Å². The van der Waals surface area contributed by atoms with E-state index in [9.17, 15) is 4.57 Å². The van der Waals surface area contributed by atoms with Crippen LogP contribution in [0.5, 0.6) is 0 Å². The van der Waals surface area contributed by atoms with Gasteiger partial charge >= 0.3 is 8.25 Å². The highest BCUT2D eigenvalue weighted by molar-refractivity contribution is 7.33. The number of rotatable bonds is 6. The number of hydrogen-bond acceptors (Lipinski definition) is 5. The van der Waals surface area contributed by atoms with E-state index in [1.165, 1.54) is 0 Å². The molecule has 0 bridgehead atoms. The van der Waals surface area contributed by atoms with Crippen LogP contribution in [0.4, 0.5) is 0 Å². The van der Waals surface area contributed by atoms with Crippen LogP contribution >= 0.6 is 8.25 Å². The first-order valence-corrected chi connectivity index (χ1v) is 3.94. The van der Waals surface area contributed by atoms with Crippen molar-refractivity contribution in [3.8, 4) is 0 Å². The molecule has 0 saturated heterocycles. The van der Waals surface area contributed by atoms with Crippen LogP contribution in [0, 0.1) is 0 Å². The molecule has 0 amide bonds. The van der Waals surface area contributed by atoms with E-state index in [4.69, 9.17) is 10.8 Å². The third-order valence-corrected chi connectivity index (χ3v) is 1.39. The molecule has 0 aromatic rings. The van der Waals surface area contributed by atoms with Gasteiger partial charge in [-0.3, -0.25) is 0 Å². The van der Waals surface area contributed by atoms with Gasteiger partial charge < -0.3 is 10.8 Å². The summed E-state index contributed by atoms with van der Waals surface area (Å²) in [6.07, 6.45) is 0. The van der Waals surface area contributed by atoms with Crippen molar-refractivity contribution in [1.82, 2.24) is 0 Å². The van der Waals surface area contributed by atoms with E-state index in [0.717, 1.165) is 0 Å². The van der Waals surface area contributed by atoms with Crippen LogP contribution in [0.15, 0.2) is 0 Å². The molecule has 0 aliphatic rings. The number of nitrogens with two attached hydrogens (primary N) is 1. The molecule has 0 radical (unpaired) electrons. The van der Waals surface area contributed by atoms with Crippen LogP contribution in [0.25, 0.3) is 0 Å². The maximum atomic E-state index is 10.5. The van der Waals surface area contributed by atoms with E-state index in [1.54, 1.807) is 0 Å². The Morgan fingerprint density at radius 3 is 2.50 bits per heavy atom. The van der Waals surface area contributed by atoms with E-state index < -0.39 is 8.25 Å². The zero-order chi connectivity index (χ0) is 7.82. The van der Waals surface area contributed by atoms with Gasteiger partial charge in [-0.2, -0.15) is 0 Å². The molecule has 0 rings (SSSR count). The molecule has 3 N–H and O–H groups in total. The first kappa shape index (κ1) is 9.94. The van der Waals surface area contributed by atoms with Crippen LogP contribution in [-0.2, 0) is 13.6 Å². The summed E-state index contributed by atoms with van der Waals surface area (Å²) in [5.41, 5.74) is 5.05. The lowest BCUT2D eigenvalue weighted by atomic mass is 10.8. The minimum Gasteiger partial charge on any atom is -0.394 e. The predicted octanol–water partition coefficient (Wildman–Crippen LogP) is -0.372. The van der Waals surface area contributed by atoms with Crippen molar-refractivity contribution < 1.29 is 18.7 Å². The van der Waals surface area contributed by atoms with E-state index in [0.29, 0.717) is 6.54 Å². The summed E-state index contributed by atoms with van der Waals surface area (Å²) in [5.74, 6) is 0. The number of aliphatic hydroxyl groups is 1. The Morgan fingerprint density at radius 1 is 1.40 bits per heavy atom. The second-order valence-electron chi connectivity index (χ2n) is 1.40. The van der Waals surface area contributed by atoms with Gasteiger partial charge in [-0.15, -0.1) is 9.05 Å². The fourth-order valence-corrected chi connectivity index (χ4v) is 0.840. The Morgan fingerprint density at radius 2 is 2.00 bits per heavy atom. The lowest BCUT2D eigenvalue weighted by molar-refractivity contribution is 0.176. The monoisotopic (exact) mass is 168 g/mol. The highest BCUT2D eigenvalue weighted by atomic mass is 31.1. The second-order valence-corrected chi connectivity index (χ2v) is 2.37. The maximum Gasteiger partial charge on any atom is 0.697 e. The van der Waals surface area contributed by atoms with Gasteiger partial charge in [0.15, 0.2) is 0 Å². The minimum absolute atomic E-state index is 0.0276. The Labute approximate surface area is 60.1 Å². The van der Waals surface area contributed by atoms with E-state index in [-0.39, 0.29) is 19.8 Å². The summed E-state index contributed by atoms with van der Waals surface area (Å²) < 4.78 is 19.5. The van der Waals surface area contributed by atoms with Gasteiger partial charge in [-0.25, -0.2) is 0 Å². The number of hydrogen-bond donors (Lipinski definition) is 2. The van der Waals surface area contributed by atoms with Gasteiger partial charge in [0.2, 0.25) is 0 Å². The average Bonchev–Trinajstić information content (AvgIpc) is 1.97. The second kappa shape index (κ2) is 7.05. The van der Waals surface area contributed by atoms with Crippen LogP contribution in [-0.4, -0.2) is 31.5 Å². The summed E-state index contributed by atoms with van der Waals surface area (Å²) in [6, 6.07) is 0. The third-order valence-electron chi connectivity index (χ3n) is 0.603. The first-order valence-electron chi connectivity index (χ1n) is 2.85. The molecule has 0 heterocycles. The SMILES string of the molecule is NCCO[P+](=O)OCCO. The Hall–Kier alpha value is -0.0600. The Bertz CT molecular complexity index is 89.3. The van der Waals surface area contributed by atoms with Crippen molar-refractivity contribution in [2.24, 2.45) is 5.73 Å². The maximum absolute atomic E-state index is 10.5. The summed E-state index contributed by atoms with van der Waals surface area (Å²) in [4.78, 5) is 0. The molecule has 0 fully saturated rings. The summed E-state index contributed by atoms with van der Waals surface area (Å²) in [6.45, 7) is 0.386. The van der Waals surface area contributed by atoms with Gasteiger partial charge in [-0.05, 0) is 0 Å². The quantitative estimate of drug-likeness (QED) is 0.528. The molecule has 0 aliphatic carbocycles. The summed E-state index contributed by atoms with van der Waals surface area (Å²) >= 11 is 0. The lowest BCUT2D eigenvalue weighted by Crippen LogP contribution is -2.05. The summed E-state index contributed by atoms with van der Waals surface area (Å²) in [5, 5.41) is 8.21. The zero-order valence-electron chi connectivity index (χ0n) is 5.52. The molecule has 0 aliphatic heterocycles. The zero-order valence-corrected chi connectivity index (χ0v) is 6.42. The molecule has 0 aromatic heterocycles. The highest BCUT2D eigenvalue weighted by Crippen LogP contribution is 2.21. The molecule has 0 spiro atoms. The molecule has 60 valence electrons. The van der Waals surface area contributed by atoms with Crippen LogP contribution in [0.1, 0.15) is 0 Å². The largest absolute Gasteiger partial charge is 0.697 e. The molecule has 10 heavy (non-hydrogen) atoms. The molecule has 0 saturated carbocycles. The number of aliphatic hydroxyl groups excluding tert-OH is 1. The van der Waals surface area contributed by atoms with Gasteiger partial charge in [0.1, 0.15) is 13.2 Å². The van der Waals surface area contributed by atoms with Crippen molar-refractivity contribution >= 4 is 8.25 Å². The standard InChI is InChI=1S/C4H11NO4P/c5-1-3-8-10(7)9-4-2-6/h6H,1-5H2/q+1. The minimum atomic E-state index is -2.08. The van der Waals surface area contributed by atoms with Gasteiger partial charge in [0, 0.05) is 11.1 Å². The molecular weight excluding hydrogens is 157 g/mol. The molecule has 1 unspecified atom stereocenters. The van der Waals surface area contributed by atoms with Crippen molar-refractivity contribution in [2.45, 2.75) is 0 Å². The van der Waals surface area contributed by atoms with Gasteiger partial charge in [0.05, 0.1) is 6.61 Å². The predicted molar refractivity (Wildman–Crippen MR) is 35.7 cm³/mol. The van der Waals surface area contributed by atoms with E-state index in [2.05, 4.69) is 9.05 Å². The summed E-state index contributed by atoms with van der Waals surface area (Å²) in [7, 11) is -2.08. The van der Waals surface area contributed by atoms with Gasteiger partial charge in [0.25, 0.3) is 0 Å². The normalized spacial score (nSPS) is 11.6. The van der Waals surface area contributed by atoms with Crippen molar-refractivity contribution in [3.05, 3.63) is 0 Å². The van der Waals surface area contributed by atoms with Crippen molar-refractivity contribution in [1.29, 1.82) is 0 Å². The fraction of sp³-hybridized carbons (Fsp3) is 1.00. The Kier molecular flexibility index (Phi) is 7.01. The average molecular weight is 168 g/mol. The van der Waals surface area contributed by atoms with Crippen LogP contribution in [0.3, 0.4) is 0 Å². The van der Waals surface area contributed by atoms with Gasteiger partial charge in [-0.1, -0.05) is 0 Å². The molecule has 1 atom stereocenters. The van der Waals surface area contributed by atoms with Crippen molar-refractivity contribution in [2.75, 3.05) is 26.4 Å². The lowest BCUT2D eigenvalue weighted by Gasteiger charge is -1.85. The van der Waals surface area contributed by atoms with Crippen LogP contribution in [0.2, 0.25) is 0 Å². The Balaban J connectivity index is 3.09. The van der Waals surface area contributed by atoms with Crippen LogP contribution < -0.4 is 5.73 Å². The molecular formula is C4H11NO4P+. The third kappa shape index (κ3) is 6.07. The highest BCUT2D eigenvalue weighted by Gasteiger charge is 2.18. The molecule has 5 nitrogen and oxygen atoms in total. The van der Waals surface area contributed by atoms with E-state index in [1.807, 2.05) is 0 Å². The smallest absolute Gasteiger partial charge is 0.394 e. The molecule has 6 heteroatoms. The first-order chi connectivity index (χ1) is 4.81. The topological polar surface area (TPSA) is 81.8 Å². The fourth-order valence-electron chi connectivity index (χ4n) is 0.280. The molecule has 0 aromatic carbocycles.